The van der Waals surface area contributed by atoms with E-state index in [0.29, 0.717) is 16.3 Å². The van der Waals surface area contributed by atoms with Gasteiger partial charge in [0.25, 0.3) is 0 Å². The molecule has 0 saturated carbocycles. The van der Waals surface area contributed by atoms with Gasteiger partial charge in [0, 0.05) is 16.7 Å². The SMILES string of the molecule is COc1ccc(Cl)cc1/C=C/C(=O)Nc1ccc(O)cc1C(=O)O. The molecule has 2 aromatic carbocycles. The Balaban J connectivity index is 2.20. The molecule has 2 rings (SSSR count). The van der Waals surface area contributed by atoms with Crippen molar-refractivity contribution >= 4 is 35.2 Å². The van der Waals surface area contributed by atoms with Crippen molar-refractivity contribution in [2.75, 3.05) is 12.4 Å². The highest BCUT2D eigenvalue weighted by Crippen LogP contribution is 2.24. The summed E-state index contributed by atoms with van der Waals surface area (Å²) in [6.45, 7) is 0. The predicted octanol–water partition coefficient (Wildman–Crippen LogP) is 3.40. The van der Waals surface area contributed by atoms with Gasteiger partial charge in [-0.15, -0.1) is 0 Å². The summed E-state index contributed by atoms with van der Waals surface area (Å²) < 4.78 is 5.17. The smallest absolute Gasteiger partial charge is 0.337 e. The van der Waals surface area contributed by atoms with E-state index in [4.69, 9.17) is 21.4 Å². The summed E-state index contributed by atoms with van der Waals surface area (Å²) in [5.74, 6) is -1.46. The molecule has 0 radical (unpaired) electrons. The Kier molecular flexibility index (Phi) is 5.44. The number of ether oxygens (including phenoxy) is 1. The molecule has 124 valence electrons. The van der Waals surface area contributed by atoms with Gasteiger partial charge in [0.1, 0.15) is 11.5 Å². The molecule has 0 fully saturated rings. The highest BCUT2D eigenvalue weighted by molar-refractivity contribution is 6.30. The maximum absolute atomic E-state index is 12.0. The number of benzene rings is 2. The second-order valence-corrected chi connectivity index (χ2v) is 5.18. The number of methoxy groups -OCH3 is 1. The number of aromatic hydroxyl groups is 1. The van der Waals surface area contributed by atoms with Gasteiger partial charge in [0.2, 0.25) is 5.91 Å². The van der Waals surface area contributed by atoms with E-state index in [-0.39, 0.29) is 17.0 Å². The number of carbonyl (C=O) groups excluding carboxylic acids is 1. The van der Waals surface area contributed by atoms with E-state index < -0.39 is 11.9 Å². The summed E-state index contributed by atoms with van der Waals surface area (Å²) in [6, 6.07) is 8.61. The molecule has 24 heavy (non-hydrogen) atoms. The van der Waals surface area contributed by atoms with Crippen LogP contribution in [-0.4, -0.2) is 29.2 Å². The molecule has 0 bridgehead atoms. The standard InChI is InChI=1S/C17H14ClNO5/c1-24-15-6-3-11(18)8-10(15)2-7-16(21)19-14-5-4-12(20)9-13(14)17(22)23/h2-9,20H,1H3,(H,19,21)(H,22,23)/b7-2+. The number of nitrogens with one attached hydrogen (secondary N) is 1. The number of carbonyl (C=O) groups is 2. The fourth-order valence-electron chi connectivity index (χ4n) is 1.99. The molecule has 6 nitrogen and oxygen atoms in total. The van der Waals surface area contributed by atoms with Crippen molar-refractivity contribution in [2.45, 2.75) is 0 Å². The lowest BCUT2D eigenvalue weighted by atomic mass is 10.1. The molecular formula is C17H14ClNO5. The molecule has 1 amide bonds. The molecule has 0 aromatic heterocycles. The first kappa shape index (κ1) is 17.4. The monoisotopic (exact) mass is 347 g/mol. The molecule has 0 spiro atoms. The first-order chi connectivity index (χ1) is 11.4. The van der Waals surface area contributed by atoms with Crippen molar-refractivity contribution in [1.29, 1.82) is 0 Å². The average Bonchev–Trinajstić information content (AvgIpc) is 2.54. The molecule has 2 aromatic rings. The van der Waals surface area contributed by atoms with Crippen molar-refractivity contribution in [3.8, 4) is 11.5 Å². The Bertz CT molecular complexity index is 817. The number of amides is 1. The maximum atomic E-state index is 12.0. The summed E-state index contributed by atoms with van der Waals surface area (Å²) in [5.41, 5.74) is 0.467. The van der Waals surface area contributed by atoms with Gasteiger partial charge in [-0.2, -0.15) is 0 Å². The van der Waals surface area contributed by atoms with E-state index in [1.807, 2.05) is 0 Å². The Hall–Kier alpha value is -2.99. The highest BCUT2D eigenvalue weighted by atomic mass is 35.5. The Morgan fingerprint density at radius 3 is 2.62 bits per heavy atom. The Labute approximate surface area is 143 Å². The van der Waals surface area contributed by atoms with E-state index in [1.54, 1.807) is 18.2 Å². The molecule has 0 aliphatic rings. The van der Waals surface area contributed by atoms with Crippen LogP contribution in [0.1, 0.15) is 15.9 Å². The van der Waals surface area contributed by atoms with Crippen LogP contribution in [0.3, 0.4) is 0 Å². The zero-order valence-electron chi connectivity index (χ0n) is 12.6. The second kappa shape index (κ2) is 7.52. The van der Waals surface area contributed by atoms with Crippen LogP contribution in [0, 0.1) is 0 Å². The van der Waals surface area contributed by atoms with Crippen molar-refractivity contribution in [1.82, 2.24) is 0 Å². The molecular weight excluding hydrogens is 334 g/mol. The lowest BCUT2D eigenvalue weighted by molar-refractivity contribution is -0.111. The van der Waals surface area contributed by atoms with Crippen molar-refractivity contribution in [3.63, 3.8) is 0 Å². The van der Waals surface area contributed by atoms with Crippen LogP contribution in [0.15, 0.2) is 42.5 Å². The van der Waals surface area contributed by atoms with Crippen LogP contribution < -0.4 is 10.1 Å². The van der Waals surface area contributed by atoms with Gasteiger partial charge in [0.15, 0.2) is 0 Å². The third-order valence-electron chi connectivity index (χ3n) is 3.10. The number of aromatic carboxylic acids is 1. The molecule has 0 saturated heterocycles. The van der Waals surface area contributed by atoms with Crippen molar-refractivity contribution in [2.24, 2.45) is 0 Å². The van der Waals surface area contributed by atoms with Crippen molar-refractivity contribution < 1.29 is 24.5 Å². The number of halogens is 1. The third-order valence-corrected chi connectivity index (χ3v) is 3.33. The van der Waals surface area contributed by atoms with Gasteiger partial charge in [-0.05, 0) is 42.5 Å². The van der Waals surface area contributed by atoms with Crippen LogP contribution in [0.25, 0.3) is 6.08 Å². The first-order valence-corrected chi connectivity index (χ1v) is 7.17. The van der Waals surface area contributed by atoms with E-state index in [9.17, 15) is 14.7 Å². The van der Waals surface area contributed by atoms with Gasteiger partial charge >= 0.3 is 5.97 Å². The van der Waals surface area contributed by atoms with Crippen LogP contribution >= 0.6 is 11.6 Å². The predicted molar refractivity (Wildman–Crippen MR) is 90.7 cm³/mol. The topological polar surface area (TPSA) is 95.9 Å². The highest BCUT2D eigenvalue weighted by Gasteiger charge is 2.12. The normalized spacial score (nSPS) is 10.6. The molecule has 0 heterocycles. The minimum Gasteiger partial charge on any atom is -0.508 e. The molecule has 0 aliphatic carbocycles. The van der Waals surface area contributed by atoms with Gasteiger partial charge in [-0.3, -0.25) is 4.79 Å². The van der Waals surface area contributed by atoms with Gasteiger partial charge in [0.05, 0.1) is 18.4 Å². The Morgan fingerprint density at radius 2 is 1.96 bits per heavy atom. The summed E-state index contributed by atoms with van der Waals surface area (Å²) in [6.07, 6.45) is 2.73. The van der Waals surface area contributed by atoms with Gasteiger partial charge < -0.3 is 20.3 Å². The molecule has 0 atom stereocenters. The fraction of sp³-hybridized carbons (Fsp3) is 0.0588. The number of phenols is 1. The van der Waals surface area contributed by atoms with Crippen molar-refractivity contribution in [3.05, 3.63) is 58.6 Å². The van der Waals surface area contributed by atoms with Crippen LogP contribution in [-0.2, 0) is 4.79 Å². The number of hydrogen-bond donors (Lipinski definition) is 3. The zero-order chi connectivity index (χ0) is 17.7. The minimum absolute atomic E-state index is 0.0769. The third kappa shape index (κ3) is 4.27. The zero-order valence-corrected chi connectivity index (χ0v) is 13.4. The van der Waals surface area contributed by atoms with Crippen LogP contribution in [0.5, 0.6) is 11.5 Å². The average molecular weight is 348 g/mol. The number of rotatable bonds is 5. The molecule has 0 unspecified atom stereocenters. The van der Waals surface area contributed by atoms with E-state index in [1.165, 1.54) is 31.4 Å². The minimum atomic E-state index is -1.26. The molecule has 3 N–H and O–H groups in total. The number of carboxylic acid groups (broad SMARTS) is 1. The van der Waals surface area contributed by atoms with E-state index in [0.717, 1.165) is 6.07 Å². The number of anilines is 1. The first-order valence-electron chi connectivity index (χ1n) is 6.79. The lowest BCUT2D eigenvalue weighted by Gasteiger charge is -2.07. The Morgan fingerprint density at radius 1 is 1.21 bits per heavy atom. The number of hydrogen-bond acceptors (Lipinski definition) is 4. The summed E-state index contributed by atoms with van der Waals surface area (Å²) in [7, 11) is 1.50. The van der Waals surface area contributed by atoms with Gasteiger partial charge in [-0.1, -0.05) is 11.6 Å². The van der Waals surface area contributed by atoms with E-state index >= 15 is 0 Å². The molecule has 7 heteroatoms. The largest absolute Gasteiger partial charge is 0.508 e. The van der Waals surface area contributed by atoms with Crippen LogP contribution in [0.2, 0.25) is 5.02 Å². The van der Waals surface area contributed by atoms with Gasteiger partial charge in [-0.25, -0.2) is 4.79 Å². The number of phenolic OH excluding ortho intramolecular Hbond substituents is 1. The second-order valence-electron chi connectivity index (χ2n) is 4.74. The summed E-state index contributed by atoms with van der Waals surface area (Å²) in [4.78, 5) is 23.1. The fourth-order valence-corrected chi connectivity index (χ4v) is 2.17. The lowest BCUT2D eigenvalue weighted by Crippen LogP contribution is -2.11. The molecule has 0 aliphatic heterocycles. The van der Waals surface area contributed by atoms with E-state index in [2.05, 4.69) is 5.32 Å². The quantitative estimate of drug-likeness (QED) is 0.569. The summed E-state index contributed by atoms with van der Waals surface area (Å²) in [5, 5.41) is 21.4. The maximum Gasteiger partial charge on any atom is 0.337 e. The summed E-state index contributed by atoms with van der Waals surface area (Å²) >= 11 is 5.91. The van der Waals surface area contributed by atoms with Crippen LogP contribution in [0.4, 0.5) is 5.69 Å². The number of carboxylic acids is 1.